The van der Waals surface area contributed by atoms with Crippen molar-refractivity contribution in [1.29, 1.82) is 5.26 Å². The Morgan fingerprint density at radius 2 is 2.29 bits per heavy atom. The lowest BCUT2D eigenvalue weighted by Gasteiger charge is -2.57. The summed E-state index contributed by atoms with van der Waals surface area (Å²) >= 11 is 0. The second-order valence-electron chi connectivity index (χ2n) is 7.56. The Bertz CT molecular complexity index is 679. The zero-order chi connectivity index (χ0) is 17.5. The van der Waals surface area contributed by atoms with Crippen molar-refractivity contribution in [1.82, 2.24) is 15.2 Å². The van der Waals surface area contributed by atoms with E-state index in [4.69, 9.17) is 5.26 Å². The number of nitrogens with zero attached hydrogens (tertiary/aromatic N) is 3. The van der Waals surface area contributed by atoms with E-state index in [0.717, 1.165) is 19.4 Å². The summed E-state index contributed by atoms with van der Waals surface area (Å²) in [4.78, 5) is 18.8. The molecule has 1 saturated carbocycles. The number of carbonyl (C=O) groups excluding carboxylic acids is 1. The average molecular weight is 328 g/mol. The molecular formula is C18H24N4O2. The van der Waals surface area contributed by atoms with Crippen molar-refractivity contribution in [3.63, 3.8) is 0 Å². The average Bonchev–Trinajstić information content (AvgIpc) is 2.84. The van der Waals surface area contributed by atoms with Crippen LogP contribution >= 0.6 is 0 Å². The van der Waals surface area contributed by atoms with Crippen LogP contribution in [0.25, 0.3) is 0 Å². The molecule has 1 aromatic rings. The number of nitriles is 1. The molecule has 0 bridgehead atoms. The third kappa shape index (κ3) is 2.79. The number of nitrogens with one attached hydrogen (secondary N) is 1. The van der Waals surface area contributed by atoms with E-state index in [1.807, 2.05) is 6.07 Å². The van der Waals surface area contributed by atoms with Gasteiger partial charge in [0.05, 0.1) is 23.8 Å². The van der Waals surface area contributed by atoms with Gasteiger partial charge in [-0.15, -0.1) is 0 Å². The molecule has 1 aromatic heterocycles. The molecular weight excluding hydrogens is 304 g/mol. The Morgan fingerprint density at radius 1 is 1.54 bits per heavy atom. The fraction of sp³-hybridized carbons (Fsp3) is 0.611. The molecule has 2 N–H and O–H groups in total. The standard InChI is InChI=1S/C18H24N4O2/c1-11(2)16-18(10-22(16)3)7-14(15(23)8-18)21-17(24)13-6-12(9-19)4-5-20-13/h4-6,11,14-16,23H,7-8,10H2,1-3H3,(H,21,24)/t14-,15-,16?,18?/m1/s1. The van der Waals surface area contributed by atoms with Crippen molar-refractivity contribution in [3.05, 3.63) is 29.6 Å². The van der Waals surface area contributed by atoms with Crippen LogP contribution in [0.5, 0.6) is 0 Å². The maximum Gasteiger partial charge on any atom is 0.270 e. The topological polar surface area (TPSA) is 89.2 Å². The molecule has 4 atom stereocenters. The number of amides is 1. The van der Waals surface area contributed by atoms with E-state index in [1.54, 1.807) is 6.07 Å². The number of carbonyl (C=O) groups is 1. The Morgan fingerprint density at radius 3 is 2.92 bits per heavy atom. The molecule has 128 valence electrons. The quantitative estimate of drug-likeness (QED) is 0.869. The predicted octanol–water partition coefficient (Wildman–Crippen LogP) is 1.16. The highest BCUT2D eigenvalue weighted by Gasteiger charge is 2.58. The van der Waals surface area contributed by atoms with Gasteiger partial charge in [-0.3, -0.25) is 9.78 Å². The van der Waals surface area contributed by atoms with E-state index in [1.165, 1.54) is 12.3 Å². The Balaban J connectivity index is 1.70. The van der Waals surface area contributed by atoms with Crippen molar-refractivity contribution in [2.75, 3.05) is 13.6 Å². The first-order valence-corrected chi connectivity index (χ1v) is 8.41. The fourth-order valence-corrected chi connectivity index (χ4v) is 4.86. The fourth-order valence-electron chi connectivity index (χ4n) is 4.86. The number of likely N-dealkylation sites (tertiary alicyclic amines) is 1. The molecule has 3 rings (SSSR count). The number of hydrogen-bond donors (Lipinski definition) is 2. The summed E-state index contributed by atoms with van der Waals surface area (Å²) in [5.41, 5.74) is 0.704. The van der Waals surface area contributed by atoms with Crippen LogP contribution in [-0.2, 0) is 0 Å². The summed E-state index contributed by atoms with van der Waals surface area (Å²) in [5, 5.41) is 22.3. The monoisotopic (exact) mass is 328 g/mol. The molecule has 1 spiro atoms. The number of pyridine rings is 1. The van der Waals surface area contributed by atoms with Crippen LogP contribution in [0, 0.1) is 22.7 Å². The Hall–Kier alpha value is -1.97. The summed E-state index contributed by atoms with van der Waals surface area (Å²) in [5.74, 6) is 0.182. The second kappa shape index (κ2) is 6.15. The van der Waals surface area contributed by atoms with Crippen molar-refractivity contribution in [2.45, 2.75) is 44.9 Å². The van der Waals surface area contributed by atoms with E-state index in [-0.39, 0.29) is 23.1 Å². The lowest BCUT2D eigenvalue weighted by molar-refractivity contribution is -0.0827. The molecule has 0 aromatic carbocycles. The highest BCUT2D eigenvalue weighted by atomic mass is 16.3. The third-order valence-corrected chi connectivity index (χ3v) is 5.44. The van der Waals surface area contributed by atoms with Gasteiger partial charge in [0, 0.05) is 24.2 Å². The number of aromatic nitrogens is 1. The highest BCUT2D eigenvalue weighted by molar-refractivity contribution is 5.92. The largest absolute Gasteiger partial charge is 0.391 e. The molecule has 24 heavy (non-hydrogen) atoms. The number of rotatable bonds is 3. The molecule has 2 heterocycles. The SMILES string of the molecule is CC(C)C1N(C)CC12C[C@@H](O)[C@H](NC(=O)c1cc(C#N)ccn1)C2. The predicted molar refractivity (Wildman–Crippen MR) is 89.1 cm³/mol. The van der Waals surface area contributed by atoms with Crippen molar-refractivity contribution < 1.29 is 9.90 Å². The van der Waals surface area contributed by atoms with Gasteiger partial charge in [-0.2, -0.15) is 5.26 Å². The lowest BCUT2D eigenvalue weighted by Crippen LogP contribution is -2.64. The van der Waals surface area contributed by atoms with Gasteiger partial charge < -0.3 is 15.3 Å². The van der Waals surface area contributed by atoms with Crippen molar-refractivity contribution in [3.8, 4) is 6.07 Å². The molecule has 1 saturated heterocycles. The summed E-state index contributed by atoms with van der Waals surface area (Å²) in [6.45, 7) is 5.37. The van der Waals surface area contributed by atoms with Crippen LogP contribution in [-0.4, -0.2) is 52.7 Å². The maximum absolute atomic E-state index is 12.4. The van der Waals surface area contributed by atoms with Crippen LogP contribution in [0.1, 0.15) is 42.7 Å². The van der Waals surface area contributed by atoms with Gasteiger partial charge in [0.15, 0.2) is 0 Å². The van der Waals surface area contributed by atoms with E-state index >= 15 is 0 Å². The number of hydrogen-bond acceptors (Lipinski definition) is 5. The minimum absolute atomic E-state index is 0.0855. The molecule has 1 aliphatic heterocycles. The third-order valence-electron chi connectivity index (χ3n) is 5.44. The normalized spacial score (nSPS) is 32.6. The smallest absolute Gasteiger partial charge is 0.270 e. The lowest BCUT2D eigenvalue weighted by atomic mass is 9.66. The summed E-state index contributed by atoms with van der Waals surface area (Å²) in [7, 11) is 2.12. The minimum atomic E-state index is -0.539. The van der Waals surface area contributed by atoms with Gasteiger partial charge in [0.1, 0.15) is 5.69 Å². The molecule has 6 heteroatoms. The zero-order valence-corrected chi connectivity index (χ0v) is 14.4. The molecule has 1 amide bonds. The van der Waals surface area contributed by atoms with Crippen LogP contribution < -0.4 is 5.32 Å². The number of aliphatic hydroxyl groups is 1. The minimum Gasteiger partial charge on any atom is -0.391 e. The summed E-state index contributed by atoms with van der Waals surface area (Å²) in [6, 6.07) is 5.22. The molecule has 2 fully saturated rings. The molecule has 0 radical (unpaired) electrons. The van der Waals surface area contributed by atoms with E-state index < -0.39 is 6.10 Å². The summed E-state index contributed by atoms with van der Waals surface area (Å²) in [6.07, 6.45) is 2.42. The van der Waals surface area contributed by atoms with Gasteiger partial charge in [-0.05, 0) is 37.9 Å². The molecule has 2 unspecified atom stereocenters. The molecule has 2 aliphatic rings. The van der Waals surface area contributed by atoms with Crippen molar-refractivity contribution >= 4 is 5.91 Å². The Labute approximate surface area is 142 Å². The van der Waals surface area contributed by atoms with Crippen LogP contribution in [0.15, 0.2) is 18.3 Å². The summed E-state index contributed by atoms with van der Waals surface area (Å²) < 4.78 is 0. The van der Waals surface area contributed by atoms with E-state index in [9.17, 15) is 9.90 Å². The first kappa shape index (κ1) is 16.9. The maximum atomic E-state index is 12.4. The van der Waals surface area contributed by atoms with Gasteiger partial charge in [-0.25, -0.2) is 0 Å². The second-order valence-corrected chi connectivity index (χ2v) is 7.56. The van der Waals surface area contributed by atoms with Crippen LogP contribution in [0.3, 0.4) is 0 Å². The zero-order valence-electron chi connectivity index (χ0n) is 14.4. The van der Waals surface area contributed by atoms with E-state index in [2.05, 4.69) is 36.1 Å². The molecule has 6 nitrogen and oxygen atoms in total. The van der Waals surface area contributed by atoms with Crippen molar-refractivity contribution in [2.24, 2.45) is 11.3 Å². The Kier molecular flexibility index (Phi) is 4.33. The van der Waals surface area contributed by atoms with Gasteiger partial charge in [0.25, 0.3) is 5.91 Å². The first-order chi connectivity index (χ1) is 11.4. The van der Waals surface area contributed by atoms with Gasteiger partial charge >= 0.3 is 0 Å². The molecule has 1 aliphatic carbocycles. The number of aliphatic hydroxyl groups excluding tert-OH is 1. The van der Waals surface area contributed by atoms with Gasteiger partial charge in [0.2, 0.25) is 0 Å². The highest BCUT2D eigenvalue weighted by Crippen LogP contribution is 2.52. The van der Waals surface area contributed by atoms with E-state index in [0.29, 0.717) is 17.5 Å². The first-order valence-electron chi connectivity index (χ1n) is 8.41. The van der Waals surface area contributed by atoms with Crippen LogP contribution in [0.4, 0.5) is 0 Å². The van der Waals surface area contributed by atoms with Crippen LogP contribution in [0.2, 0.25) is 0 Å². The van der Waals surface area contributed by atoms with Gasteiger partial charge in [-0.1, -0.05) is 13.8 Å².